The molecule has 0 bridgehead atoms. The topological polar surface area (TPSA) is 58.7 Å². The molecule has 1 aromatic rings. The van der Waals surface area contributed by atoms with E-state index in [1.54, 1.807) is 37.5 Å². The smallest absolute Gasteiger partial charge is 0.270 e. The van der Waals surface area contributed by atoms with Crippen LogP contribution in [0.5, 0.6) is 0 Å². The minimum atomic E-state index is -0.424. The number of hydrazone groups is 1. The molecule has 0 aliphatic heterocycles. The SMILES string of the molecule is CN(C)/N=C\c1cccc([N+](=O)[O-])c1. The average molecular weight is 193 g/mol. The fourth-order valence-corrected chi connectivity index (χ4v) is 0.901. The van der Waals surface area contributed by atoms with Crippen molar-refractivity contribution in [3.8, 4) is 0 Å². The molecule has 5 heteroatoms. The number of non-ortho nitro benzene ring substituents is 1. The molecule has 0 aliphatic carbocycles. The molecule has 1 aromatic carbocycles. The van der Waals surface area contributed by atoms with Gasteiger partial charge in [0.1, 0.15) is 0 Å². The third kappa shape index (κ3) is 2.85. The molecule has 0 radical (unpaired) electrons. The van der Waals surface area contributed by atoms with Crippen molar-refractivity contribution >= 4 is 11.9 Å². The third-order valence-corrected chi connectivity index (χ3v) is 1.52. The second kappa shape index (κ2) is 4.36. The molecule has 0 atom stereocenters. The van der Waals surface area contributed by atoms with E-state index in [4.69, 9.17) is 0 Å². The Hall–Kier alpha value is -1.91. The van der Waals surface area contributed by atoms with Crippen molar-refractivity contribution < 1.29 is 4.92 Å². The molecular formula is C9H11N3O2. The second-order valence-corrected chi connectivity index (χ2v) is 2.94. The van der Waals surface area contributed by atoms with E-state index in [0.29, 0.717) is 5.56 Å². The summed E-state index contributed by atoms with van der Waals surface area (Å²) in [6.45, 7) is 0. The molecule has 0 aliphatic rings. The zero-order valence-corrected chi connectivity index (χ0v) is 8.04. The summed E-state index contributed by atoms with van der Waals surface area (Å²) in [5, 5.41) is 16.0. The van der Waals surface area contributed by atoms with Crippen LogP contribution in [0.2, 0.25) is 0 Å². The molecule has 0 saturated heterocycles. The van der Waals surface area contributed by atoms with Crippen LogP contribution in [-0.2, 0) is 0 Å². The van der Waals surface area contributed by atoms with Gasteiger partial charge in [-0.2, -0.15) is 5.10 Å². The van der Waals surface area contributed by atoms with Crippen LogP contribution in [0.3, 0.4) is 0 Å². The van der Waals surface area contributed by atoms with Crippen LogP contribution in [-0.4, -0.2) is 30.2 Å². The summed E-state index contributed by atoms with van der Waals surface area (Å²) in [6, 6.07) is 6.33. The molecule has 1 rings (SSSR count). The minimum Gasteiger partial charge on any atom is -0.303 e. The molecule has 0 spiro atoms. The standard InChI is InChI=1S/C9H11N3O2/c1-11(2)10-7-8-4-3-5-9(6-8)12(13)14/h3-7H,1-2H3/b10-7-. The summed E-state index contributed by atoms with van der Waals surface area (Å²) in [6.07, 6.45) is 1.58. The summed E-state index contributed by atoms with van der Waals surface area (Å²) in [5.41, 5.74) is 0.792. The Morgan fingerprint density at radius 3 is 2.79 bits per heavy atom. The van der Waals surface area contributed by atoms with Crippen LogP contribution in [0.1, 0.15) is 5.56 Å². The van der Waals surface area contributed by atoms with E-state index in [-0.39, 0.29) is 5.69 Å². The van der Waals surface area contributed by atoms with Gasteiger partial charge in [0, 0.05) is 31.8 Å². The van der Waals surface area contributed by atoms with Gasteiger partial charge in [0.2, 0.25) is 0 Å². The Morgan fingerprint density at radius 2 is 2.21 bits per heavy atom. The van der Waals surface area contributed by atoms with Crippen LogP contribution in [0.15, 0.2) is 29.4 Å². The van der Waals surface area contributed by atoms with Gasteiger partial charge in [-0.15, -0.1) is 0 Å². The van der Waals surface area contributed by atoms with Gasteiger partial charge in [0.15, 0.2) is 0 Å². The molecular weight excluding hydrogens is 182 g/mol. The van der Waals surface area contributed by atoms with Crippen molar-refractivity contribution in [2.24, 2.45) is 5.10 Å². The summed E-state index contributed by atoms with van der Waals surface area (Å²) in [5.74, 6) is 0. The first kappa shape index (κ1) is 10.2. The minimum absolute atomic E-state index is 0.0766. The number of benzene rings is 1. The number of nitrogens with zero attached hydrogens (tertiary/aromatic N) is 3. The number of hydrogen-bond donors (Lipinski definition) is 0. The van der Waals surface area contributed by atoms with Crippen molar-refractivity contribution in [2.75, 3.05) is 14.1 Å². The Kier molecular flexibility index (Phi) is 3.17. The van der Waals surface area contributed by atoms with Crippen molar-refractivity contribution in [2.45, 2.75) is 0 Å². The van der Waals surface area contributed by atoms with Gasteiger partial charge in [-0.05, 0) is 0 Å². The molecule has 0 amide bonds. The zero-order valence-electron chi connectivity index (χ0n) is 8.04. The molecule has 0 heterocycles. The van der Waals surface area contributed by atoms with Crippen LogP contribution in [0, 0.1) is 10.1 Å². The molecule has 74 valence electrons. The maximum atomic E-state index is 10.4. The molecule has 5 nitrogen and oxygen atoms in total. The summed E-state index contributed by atoms with van der Waals surface area (Å²) >= 11 is 0. The van der Waals surface area contributed by atoms with Crippen LogP contribution < -0.4 is 0 Å². The van der Waals surface area contributed by atoms with Gasteiger partial charge in [0.05, 0.1) is 11.1 Å². The van der Waals surface area contributed by atoms with Gasteiger partial charge < -0.3 is 5.01 Å². The Labute approximate surface area is 81.8 Å². The summed E-state index contributed by atoms with van der Waals surface area (Å²) in [4.78, 5) is 10.0. The van der Waals surface area contributed by atoms with Gasteiger partial charge >= 0.3 is 0 Å². The van der Waals surface area contributed by atoms with Gasteiger partial charge in [-0.3, -0.25) is 10.1 Å². The van der Waals surface area contributed by atoms with E-state index in [1.807, 2.05) is 0 Å². The number of nitro benzene ring substituents is 1. The van der Waals surface area contributed by atoms with Crippen LogP contribution in [0.25, 0.3) is 0 Å². The highest BCUT2D eigenvalue weighted by molar-refractivity contribution is 5.80. The van der Waals surface area contributed by atoms with Crippen LogP contribution in [0.4, 0.5) is 5.69 Å². The van der Waals surface area contributed by atoms with Crippen LogP contribution >= 0.6 is 0 Å². The second-order valence-electron chi connectivity index (χ2n) is 2.94. The lowest BCUT2D eigenvalue weighted by molar-refractivity contribution is -0.384. The Morgan fingerprint density at radius 1 is 1.50 bits per heavy atom. The lowest BCUT2D eigenvalue weighted by Gasteiger charge is -2.01. The molecule has 0 aromatic heterocycles. The lowest BCUT2D eigenvalue weighted by Crippen LogP contribution is -2.02. The predicted octanol–water partition coefficient (Wildman–Crippen LogP) is 1.49. The molecule has 14 heavy (non-hydrogen) atoms. The van der Waals surface area contributed by atoms with Crippen molar-refractivity contribution in [3.63, 3.8) is 0 Å². The number of hydrogen-bond acceptors (Lipinski definition) is 4. The Bertz CT molecular complexity index is 361. The van der Waals surface area contributed by atoms with E-state index < -0.39 is 4.92 Å². The van der Waals surface area contributed by atoms with Crippen molar-refractivity contribution in [1.29, 1.82) is 0 Å². The van der Waals surface area contributed by atoms with E-state index in [2.05, 4.69) is 5.10 Å². The monoisotopic (exact) mass is 193 g/mol. The Balaban J connectivity index is 2.89. The maximum Gasteiger partial charge on any atom is 0.270 e. The van der Waals surface area contributed by atoms with E-state index in [0.717, 1.165) is 0 Å². The number of nitro groups is 1. The molecule has 0 unspecified atom stereocenters. The summed E-state index contributed by atoms with van der Waals surface area (Å²) in [7, 11) is 3.57. The average Bonchev–Trinajstić information content (AvgIpc) is 2.15. The zero-order chi connectivity index (χ0) is 10.6. The van der Waals surface area contributed by atoms with Crippen molar-refractivity contribution in [3.05, 3.63) is 39.9 Å². The van der Waals surface area contributed by atoms with Gasteiger partial charge in [-0.1, -0.05) is 12.1 Å². The first-order valence-electron chi connectivity index (χ1n) is 4.05. The van der Waals surface area contributed by atoms with Gasteiger partial charge in [-0.25, -0.2) is 0 Å². The van der Waals surface area contributed by atoms with E-state index in [9.17, 15) is 10.1 Å². The first-order chi connectivity index (χ1) is 6.59. The van der Waals surface area contributed by atoms with E-state index in [1.165, 1.54) is 12.1 Å². The normalized spacial score (nSPS) is 10.4. The lowest BCUT2D eigenvalue weighted by atomic mass is 10.2. The maximum absolute atomic E-state index is 10.4. The molecule has 0 fully saturated rings. The third-order valence-electron chi connectivity index (χ3n) is 1.52. The molecule has 0 saturated carbocycles. The predicted molar refractivity (Wildman–Crippen MR) is 54.4 cm³/mol. The first-order valence-corrected chi connectivity index (χ1v) is 4.05. The quantitative estimate of drug-likeness (QED) is 0.415. The summed E-state index contributed by atoms with van der Waals surface area (Å²) < 4.78 is 0. The van der Waals surface area contributed by atoms with E-state index >= 15 is 0 Å². The highest BCUT2D eigenvalue weighted by atomic mass is 16.6. The largest absolute Gasteiger partial charge is 0.303 e. The highest BCUT2D eigenvalue weighted by Crippen LogP contribution is 2.11. The fraction of sp³-hybridized carbons (Fsp3) is 0.222. The highest BCUT2D eigenvalue weighted by Gasteiger charge is 2.03. The fourth-order valence-electron chi connectivity index (χ4n) is 0.901. The van der Waals surface area contributed by atoms with Gasteiger partial charge in [0.25, 0.3) is 5.69 Å². The van der Waals surface area contributed by atoms with Crippen molar-refractivity contribution in [1.82, 2.24) is 5.01 Å². The number of rotatable bonds is 3. The molecule has 0 N–H and O–H groups in total.